The van der Waals surface area contributed by atoms with Gasteiger partial charge in [0.15, 0.2) is 0 Å². The van der Waals surface area contributed by atoms with E-state index in [1.807, 2.05) is 18.2 Å². The third kappa shape index (κ3) is 1.60. The summed E-state index contributed by atoms with van der Waals surface area (Å²) in [7, 11) is 1.68. The first-order valence-corrected chi connectivity index (χ1v) is 6.08. The van der Waals surface area contributed by atoms with Crippen LogP contribution in [0.15, 0.2) is 30.3 Å². The van der Waals surface area contributed by atoms with Crippen molar-refractivity contribution in [2.75, 3.05) is 7.11 Å². The largest absolute Gasteiger partial charge is 0.496 e. The van der Waals surface area contributed by atoms with Gasteiger partial charge in [0.2, 0.25) is 0 Å². The molecule has 1 aliphatic rings. The molecule has 1 atom stereocenters. The van der Waals surface area contributed by atoms with Crippen molar-refractivity contribution in [2.45, 2.75) is 25.4 Å². The van der Waals surface area contributed by atoms with E-state index in [1.54, 1.807) is 7.11 Å². The van der Waals surface area contributed by atoms with Gasteiger partial charge in [0.25, 0.3) is 0 Å². The van der Waals surface area contributed by atoms with Crippen molar-refractivity contribution >= 4 is 10.8 Å². The number of fused-ring (bicyclic) bond motifs is 3. The Morgan fingerprint density at radius 1 is 1.24 bits per heavy atom. The minimum atomic E-state index is -0.336. The number of hydrogen-bond acceptors (Lipinski definition) is 2. The molecule has 0 heterocycles. The van der Waals surface area contributed by atoms with E-state index in [9.17, 15) is 5.11 Å². The molecule has 1 unspecified atom stereocenters. The van der Waals surface area contributed by atoms with Gasteiger partial charge in [-0.1, -0.05) is 24.3 Å². The van der Waals surface area contributed by atoms with Crippen molar-refractivity contribution in [1.29, 1.82) is 0 Å². The molecule has 0 aliphatic heterocycles. The predicted molar refractivity (Wildman–Crippen MR) is 68.4 cm³/mol. The van der Waals surface area contributed by atoms with Gasteiger partial charge in [0.1, 0.15) is 5.75 Å². The van der Waals surface area contributed by atoms with Crippen molar-refractivity contribution < 1.29 is 9.84 Å². The van der Waals surface area contributed by atoms with Crippen LogP contribution in [0.3, 0.4) is 0 Å². The second kappa shape index (κ2) is 4.04. The molecule has 1 aliphatic carbocycles. The molecule has 0 spiro atoms. The van der Waals surface area contributed by atoms with Crippen molar-refractivity contribution in [3.63, 3.8) is 0 Å². The van der Waals surface area contributed by atoms with Crippen LogP contribution in [-0.2, 0) is 6.42 Å². The van der Waals surface area contributed by atoms with Crippen LogP contribution in [0.4, 0.5) is 0 Å². The van der Waals surface area contributed by atoms with E-state index in [1.165, 1.54) is 10.9 Å². The van der Waals surface area contributed by atoms with E-state index < -0.39 is 0 Å². The number of aliphatic hydroxyl groups excluding tert-OH is 1. The fourth-order valence-corrected chi connectivity index (χ4v) is 2.80. The molecule has 2 aromatic carbocycles. The Kier molecular flexibility index (Phi) is 2.52. The highest BCUT2D eigenvalue weighted by Crippen LogP contribution is 2.39. The van der Waals surface area contributed by atoms with Gasteiger partial charge in [-0.25, -0.2) is 0 Å². The van der Waals surface area contributed by atoms with Gasteiger partial charge in [-0.3, -0.25) is 0 Å². The maximum Gasteiger partial charge on any atom is 0.127 e. The minimum absolute atomic E-state index is 0.336. The van der Waals surface area contributed by atoms with Crippen LogP contribution < -0.4 is 4.74 Å². The Balaban J connectivity index is 2.36. The lowest BCUT2D eigenvalue weighted by Crippen LogP contribution is -2.10. The molecule has 88 valence electrons. The SMILES string of the molecule is COc1cc2c(c3ccccc13)CCCC2O. The van der Waals surface area contributed by atoms with Crippen LogP contribution in [0.2, 0.25) is 0 Å². The van der Waals surface area contributed by atoms with Crippen LogP contribution in [0, 0.1) is 0 Å². The van der Waals surface area contributed by atoms with Crippen LogP contribution >= 0.6 is 0 Å². The summed E-state index contributed by atoms with van der Waals surface area (Å²) in [6.07, 6.45) is 2.63. The van der Waals surface area contributed by atoms with E-state index in [0.29, 0.717) is 0 Å². The van der Waals surface area contributed by atoms with Crippen molar-refractivity contribution in [1.82, 2.24) is 0 Å². The smallest absolute Gasteiger partial charge is 0.127 e. The fourth-order valence-electron chi connectivity index (χ4n) is 2.80. The Bertz CT molecular complexity index is 560. The summed E-state index contributed by atoms with van der Waals surface area (Å²) in [5.41, 5.74) is 2.34. The molecule has 3 rings (SSSR count). The number of benzene rings is 2. The highest BCUT2D eigenvalue weighted by atomic mass is 16.5. The fraction of sp³-hybridized carbons (Fsp3) is 0.333. The number of aryl methyl sites for hydroxylation is 1. The van der Waals surface area contributed by atoms with Crippen LogP contribution in [0.25, 0.3) is 10.8 Å². The van der Waals surface area contributed by atoms with Crippen molar-refractivity contribution in [3.8, 4) is 5.75 Å². The summed E-state index contributed by atoms with van der Waals surface area (Å²) in [6, 6.07) is 10.3. The van der Waals surface area contributed by atoms with E-state index in [2.05, 4.69) is 12.1 Å². The van der Waals surface area contributed by atoms with Gasteiger partial charge in [-0.05, 0) is 41.8 Å². The molecule has 2 nitrogen and oxygen atoms in total. The van der Waals surface area contributed by atoms with Crippen molar-refractivity contribution in [2.24, 2.45) is 0 Å². The lowest BCUT2D eigenvalue weighted by molar-refractivity contribution is 0.156. The lowest BCUT2D eigenvalue weighted by atomic mass is 9.85. The highest BCUT2D eigenvalue weighted by molar-refractivity contribution is 5.92. The number of rotatable bonds is 1. The molecule has 2 heteroatoms. The summed E-state index contributed by atoms with van der Waals surface area (Å²) in [5.74, 6) is 0.861. The summed E-state index contributed by atoms with van der Waals surface area (Å²) in [5, 5.41) is 12.4. The van der Waals surface area contributed by atoms with Crippen LogP contribution in [0.5, 0.6) is 5.75 Å². The molecule has 0 fully saturated rings. The molecule has 0 saturated carbocycles. The van der Waals surface area contributed by atoms with E-state index in [-0.39, 0.29) is 6.10 Å². The normalized spacial score (nSPS) is 19.1. The first-order chi connectivity index (χ1) is 8.31. The summed E-state index contributed by atoms with van der Waals surface area (Å²) in [6.45, 7) is 0. The summed E-state index contributed by atoms with van der Waals surface area (Å²) in [4.78, 5) is 0. The summed E-state index contributed by atoms with van der Waals surface area (Å²) < 4.78 is 5.43. The first-order valence-electron chi connectivity index (χ1n) is 6.08. The van der Waals surface area contributed by atoms with Gasteiger partial charge in [-0.15, -0.1) is 0 Å². The number of methoxy groups -OCH3 is 1. The number of hydrogen-bond donors (Lipinski definition) is 1. The average molecular weight is 228 g/mol. The predicted octanol–water partition coefficient (Wildman–Crippen LogP) is 3.22. The van der Waals surface area contributed by atoms with Crippen molar-refractivity contribution in [3.05, 3.63) is 41.5 Å². The van der Waals surface area contributed by atoms with E-state index in [4.69, 9.17) is 4.74 Å². The number of aliphatic hydroxyl groups is 1. The molecule has 2 aromatic rings. The van der Waals surface area contributed by atoms with Crippen LogP contribution in [-0.4, -0.2) is 12.2 Å². The molecule has 17 heavy (non-hydrogen) atoms. The maximum absolute atomic E-state index is 10.1. The monoisotopic (exact) mass is 228 g/mol. The maximum atomic E-state index is 10.1. The van der Waals surface area contributed by atoms with Gasteiger partial charge in [-0.2, -0.15) is 0 Å². The quantitative estimate of drug-likeness (QED) is 0.812. The zero-order chi connectivity index (χ0) is 11.8. The minimum Gasteiger partial charge on any atom is -0.496 e. The Morgan fingerprint density at radius 3 is 2.76 bits per heavy atom. The second-order valence-corrected chi connectivity index (χ2v) is 4.60. The van der Waals surface area contributed by atoms with E-state index >= 15 is 0 Å². The molecule has 1 N–H and O–H groups in total. The van der Waals surface area contributed by atoms with Crippen LogP contribution in [0.1, 0.15) is 30.1 Å². The van der Waals surface area contributed by atoms with E-state index in [0.717, 1.165) is 36.0 Å². The molecule has 0 amide bonds. The Hall–Kier alpha value is -1.54. The Labute approximate surface area is 101 Å². The third-order valence-corrected chi connectivity index (χ3v) is 3.64. The topological polar surface area (TPSA) is 29.5 Å². The molecule has 0 bridgehead atoms. The highest BCUT2D eigenvalue weighted by Gasteiger charge is 2.21. The van der Waals surface area contributed by atoms with Gasteiger partial charge >= 0.3 is 0 Å². The molecular weight excluding hydrogens is 212 g/mol. The second-order valence-electron chi connectivity index (χ2n) is 4.60. The zero-order valence-corrected chi connectivity index (χ0v) is 9.94. The first kappa shape index (κ1) is 10.6. The van der Waals surface area contributed by atoms with Gasteiger partial charge in [0.05, 0.1) is 13.2 Å². The molecule has 0 aromatic heterocycles. The third-order valence-electron chi connectivity index (χ3n) is 3.64. The summed E-state index contributed by atoms with van der Waals surface area (Å²) >= 11 is 0. The molecular formula is C15H16O2. The van der Waals surface area contributed by atoms with Gasteiger partial charge < -0.3 is 9.84 Å². The lowest BCUT2D eigenvalue weighted by Gasteiger charge is -2.24. The molecule has 0 radical (unpaired) electrons. The standard InChI is InChI=1S/C15H16O2/c1-17-15-9-13-11(7-4-8-14(13)16)10-5-2-3-6-12(10)15/h2-3,5-6,9,14,16H,4,7-8H2,1H3. The molecule has 0 saturated heterocycles. The average Bonchev–Trinajstić information content (AvgIpc) is 2.38. The zero-order valence-electron chi connectivity index (χ0n) is 9.94. The Morgan fingerprint density at radius 2 is 2.00 bits per heavy atom. The number of ether oxygens (including phenoxy) is 1. The van der Waals surface area contributed by atoms with Gasteiger partial charge in [0, 0.05) is 5.39 Å².